The molecule has 3 nitrogen and oxygen atoms in total. The lowest BCUT2D eigenvalue weighted by molar-refractivity contribution is 0.780. The largest absolute Gasteiger partial charge is 0.370 e. The number of aromatic nitrogens is 2. The molecule has 0 spiro atoms. The molecule has 2 aromatic carbocycles. The van der Waals surface area contributed by atoms with E-state index in [1.807, 2.05) is 22.9 Å². The van der Waals surface area contributed by atoms with E-state index in [0.29, 0.717) is 10.0 Å². The molecule has 1 aliphatic rings. The normalized spacial score (nSPS) is 13.9. The van der Waals surface area contributed by atoms with Crippen LogP contribution in [0.3, 0.4) is 0 Å². The molecule has 0 saturated heterocycles. The summed E-state index contributed by atoms with van der Waals surface area (Å²) in [6, 6.07) is 14.2. The molecule has 4 rings (SSSR count). The van der Waals surface area contributed by atoms with Gasteiger partial charge in [0.15, 0.2) is 0 Å². The maximum atomic E-state index is 6.24. The Hall–Kier alpha value is -1.97. The first-order chi connectivity index (χ1) is 12.1. The molecule has 25 heavy (non-hydrogen) atoms. The summed E-state index contributed by atoms with van der Waals surface area (Å²) in [6.07, 6.45) is 3.31. The first-order valence-corrected chi connectivity index (χ1v) is 9.27. The van der Waals surface area contributed by atoms with Gasteiger partial charge in [0, 0.05) is 17.7 Å². The van der Waals surface area contributed by atoms with Crippen molar-refractivity contribution in [3.63, 3.8) is 0 Å². The lowest BCUT2D eigenvalue weighted by atomic mass is 10.0. The highest BCUT2D eigenvalue weighted by molar-refractivity contribution is 6.42. The van der Waals surface area contributed by atoms with Gasteiger partial charge in [-0.2, -0.15) is 5.10 Å². The molecule has 0 fully saturated rings. The van der Waals surface area contributed by atoms with Crippen LogP contribution in [0.25, 0.3) is 16.9 Å². The molecule has 1 aromatic heterocycles. The molecule has 0 bridgehead atoms. The van der Waals surface area contributed by atoms with Crippen molar-refractivity contribution in [3.05, 3.63) is 63.6 Å². The number of rotatable bonds is 2. The molecule has 0 saturated carbocycles. The zero-order chi connectivity index (χ0) is 17.4. The minimum Gasteiger partial charge on any atom is -0.370 e. The Labute approximate surface area is 157 Å². The summed E-state index contributed by atoms with van der Waals surface area (Å²) in [6.45, 7) is 3.05. The molecule has 3 aromatic rings. The predicted octanol–water partition coefficient (Wildman–Crippen LogP) is 5.90. The lowest BCUT2D eigenvalue weighted by Crippen LogP contribution is -2.07. The smallest absolute Gasteiger partial charge is 0.133 e. The highest BCUT2D eigenvalue weighted by Crippen LogP contribution is 2.36. The van der Waals surface area contributed by atoms with Crippen molar-refractivity contribution in [2.45, 2.75) is 26.2 Å². The Morgan fingerprint density at radius 1 is 1.00 bits per heavy atom. The monoisotopic (exact) mass is 371 g/mol. The van der Waals surface area contributed by atoms with Crippen molar-refractivity contribution < 1.29 is 0 Å². The molecule has 128 valence electrons. The Balaban J connectivity index is 1.89. The number of halogens is 2. The fourth-order valence-corrected chi connectivity index (χ4v) is 3.55. The van der Waals surface area contributed by atoms with E-state index in [0.717, 1.165) is 48.6 Å². The summed E-state index contributed by atoms with van der Waals surface area (Å²) in [5.41, 5.74) is 5.52. The quantitative estimate of drug-likeness (QED) is 0.607. The van der Waals surface area contributed by atoms with E-state index in [9.17, 15) is 0 Å². The van der Waals surface area contributed by atoms with Crippen molar-refractivity contribution in [2.75, 3.05) is 11.9 Å². The molecular formula is C20H19Cl2N3. The van der Waals surface area contributed by atoms with Crippen LogP contribution in [-0.4, -0.2) is 16.3 Å². The van der Waals surface area contributed by atoms with E-state index in [2.05, 4.69) is 36.5 Å². The number of hydrogen-bond donors (Lipinski definition) is 1. The van der Waals surface area contributed by atoms with Crippen molar-refractivity contribution in [1.82, 2.24) is 9.78 Å². The van der Waals surface area contributed by atoms with Gasteiger partial charge in [0.2, 0.25) is 0 Å². The van der Waals surface area contributed by atoms with Crippen LogP contribution in [0.5, 0.6) is 0 Å². The van der Waals surface area contributed by atoms with Crippen LogP contribution < -0.4 is 5.32 Å². The number of nitrogens with zero attached hydrogens (tertiary/aromatic N) is 2. The molecule has 0 atom stereocenters. The first-order valence-electron chi connectivity index (χ1n) is 8.52. The third-order valence-electron chi connectivity index (χ3n) is 4.60. The maximum absolute atomic E-state index is 6.24. The molecule has 0 aliphatic carbocycles. The summed E-state index contributed by atoms with van der Waals surface area (Å²) in [7, 11) is 0. The van der Waals surface area contributed by atoms with Crippen molar-refractivity contribution in [1.29, 1.82) is 0 Å². The third-order valence-corrected chi connectivity index (χ3v) is 5.34. The van der Waals surface area contributed by atoms with Gasteiger partial charge in [0.25, 0.3) is 0 Å². The Bertz CT molecular complexity index is 913. The first kappa shape index (κ1) is 16.5. The average molecular weight is 372 g/mol. The van der Waals surface area contributed by atoms with Gasteiger partial charge in [-0.1, -0.05) is 47.0 Å². The van der Waals surface area contributed by atoms with Gasteiger partial charge >= 0.3 is 0 Å². The maximum Gasteiger partial charge on any atom is 0.133 e. The van der Waals surface area contributed by atoms with Gasteiger partial charge < -0.3 is 5.32 Å². The van der Waals surface area contributed by atoms with Crippen molar-refractivity contribution in [2.24, 2.45) is 0 Å². The molecule has 1 N–H and O–H groups in total. The molecular weight excluding hydrogens is 353 g/mol. The van der Waals surface area contributed by atoms with Gasteiger partial charge in [-0.3, -0.25) is 0 Å². The second-order valence-electron chi connectivity index (χ2n) is 6.44. The molecule has 5 heteroatoms. The van der Waals surface area contributed by atoms with Crippen LogP contribution in [0.1, 0.15) is 24.0 Å². The fourth-order valence-electron chi connectivity index (χ4n) is 3.25. The van der Waals surface area contributed by atoms with Crippen LogP contribution >= 0.6 is 23.2 Å². The van der Waals surface area contributed by atoms with Gasteiger partial charge in [-0.25, -0.2) is 4.68 Å². The van der Waals surface area contributed by atoms with Crippen molar-refractivity contribution >= 4 is 29.0 Å². The number of hydrogen-bond acceptors (Lipinski definition) is 2. The molecule has 2 heterocycles. The number of benzene rings is 2. The number of anilines is 1. The van der Waals surface area contributed by atoms with Gasteiger partial charge in [-0.05, 0) is 50.5 Å². The lowest BCUT2D eigenvalue weighted by Gasteiger charge is -2.09. The van der Waals surface area contributed by atoms with Crippen molar-refractivity contribution in [3.8, 4) is 16.9 Å². The molecule has 0 radical (unpaired) electrons. The van der Waals surface area contributed by atoms with Gasteiger partial charge in [-0.15, -0.1) is 0 Å². The summed E-state index contributed by atoms with van der Waals surface area (Å²) < 4.78 is 2.01. The van der Waals surface area contributed by atoms with E-state index in [4.69, 9.17) is 28.3 Å². The summed E-state index contributed by atoms with van der Waals surface area (Å²) in [5.74, 6) is 1.09. The average Bonchev–Trinajstić information content (AvgIpc) is 2.80. The van der Waals surface area contributed by atoms with Crippen LogP contribution in [0, 0.1) is 6.92 Å². The highest BCUT2D eigenvalue weighted by Gasteiger charge is 2.22. The number of nitrogens with one attached hydrogen (secondary N) is 1. The minimum absolute atomic E-state index is 0.555. The highest BCUT2D eigenvalue weighted by atomic mass is 35.5. The number of fused-ring (bicyclic) bond motifs is 1. The van der Waals surface area contributed by atoms with E-state index in [-0.39, 0.29) is 0 Å². The summed E-state index contributed by atoms with van der Waals surface area (Å²) in [4.78, 5) is 0. The van der Waals surface area contributed by atoms with E-state index < -0.39 is 0 Å². The molecule has 1 aliphatic heterocycles. The van der Waals surface area contributed by atoms with Gasteiger partial charge in [0.05, 0.1) is 21.4 Å². The zero-order valence-electron chi connectivity index (χ0n) is 14.0. The van der Waals surface area contributed by atoms with E-state index in [1.165, 1.54) is 11.1 Å². The topological polar surface area (TPSA) is 29.9 Å². The molecule has 0 unspecified atom stereocenters. The second-order valence-corrected chi connectivity index (χ2v) is 7.25. The van der Waals surface area contributed by atoms with Crippen LogP contribution in [-0.2, 0) is 6.42 Å². The standard InChI is InChI=1S/C20H19Cl2N3/c1-13-5-8-15(9-6-13)25-20-16(4-2-3-11-23-20)19(24-25)14-7-10-17(21)18(22)12-14/h5-10,12,23H,2-4,11H2,1H3. The second kappa shape index (κ2) is 6.74. The SMILES string of the molecule is Cc1ccc(-n2nc(-c3ccc(Cl)c(Cl)c3)c3c2NCCCC3)cc1. The minimum atomic E-state index is 0.555. The van der Waals surface area contributed by atoms with E-state index in [1.54, 1.807) is 0 Å². The third kappa shape index (κ3) is 3.14. The summed E-state index contributed by atoms with van der Waals surface area (Å²) in [5, 5.41) is 9.61. The predicted molar refractivity (Wildman–Crippen MR) is 105 cm³/mol. The molecule has 0 amide bonds. The van der Waals surface area contributed by atoms with Crippen LogP contribution in [0.15, 0.2) is 42.5 Å². The summed E-state index contributed by atoms with van der Waals surface area (Å²) >= 11 is 12.3. The number of aryl methyl sites for hydroxylation is 1. The van der Waals surface area contributed by atoms with Crippen LogP contribution in [0.4, 0.5) is 5.82 Å². The van der Waals surface area contributed by atoms with Crippen LogP contribution in [0.2, 0.25) is 10.0 Å². The Morgan fingerprint density at radius 2 is 1.80 bits per heavy atom. The van der Waals surface area contributed by atoms with E-state index >= 15 is 0 Å². The van der Waals surface area contributed by atoms with Gasteiger partial charge in [0.1, 0.15) is 5.82 Å². The fraction of sp³-hybridized carbons (Fsp3) is 0.250. The zero-order valence-corrected chi connectivity index (χ0v) is 15.5. The Kier molecular flexibility index (Phi) is 4.45. The Morgan fingerprint density at radius 3 is 2.56 bits per heavy atom.